The number of hydrogen-bond acceptors (Lipinski definition) is 1. The molecule has 2 aromatic rings. The number of halogens is 1. The van der Waals surface area contributed by atoms with Crippen LogP contribution in [-0.4, -0.2) is 23.9 Å². The van der Waals surface area contributed by atoms with Gasteiger partial charge in [0, 0.05) is 23.1 Å². The number of nitrogens with zero attached hydrogens (tertiary/aromatic N) is 1. The van der Waals surface area contributed by atoms with Crippen LogP contribution >= 0.6 is 15.9 Å². The van der Waals surface area contributed by atoms with E-state index in [0.717, 1.165) is 20.8 Å². The number of benzene rings is 2. The molecule has 2 aromatic carbocycles. The second-order valence-electron chi connectivity index (χ2n) is 5.61. The highest BCUT2D eigenvalue weighted by atomic mass is 79.9. The van der Waals surface area contributed by atoms with Gasteiger partial charge in [0.05, 0.1) is 0 Å². The van der Waals surface area contributed by atoms with E-state index < -0.39 is 0 Å². The first-order chi connectivity index (χ1) is 9.40. The molecule has 3 heteroatoms. The van der Waals surface area contributed by atoms with Gasteiger partial charge in [-0.1, -0.05) is 41.9 Å². The monoisotopic (exact) mass is 333 g/mol. The lowest BCUT2D eigenvalue weighted by Crippen LogP contribution is -2.38. The molecular weight excluding hydrogens is 314 g/mol. The molecule has 0 aliphatic heterocycles. The summed E-state index contributed by atoms with van der Waals surface area (Å²) in [5.74, 6) is 0.524. The van der Waals surface area contributed by atoms with Gasteiger partial charge >= 0.3 is 0 Å². The second-order valence-corrected chi connectivity index (χ2v) is 6.52. The Morgan fingerprint density at radius 2 is 1.65 bits per heavy atom. The van der Waals surface area contributed by atoms with E-state index in [2.05, 4.69) is 42.8 Å². The number of fused-ring (bicyclic) bond motifs is 1. The third-order valence-electron chi connectivity index (χ3n) is 3.95. The van der Waals surface area contributed by atoms with E-state index in [1.54, 1.807) is 0 Å². The van der Waals surface area contributed by atoms with Gasteiger partial charge in [-0.05, 0) is 47.9 Å². The van der Waals surface area contributed by atoms with E-state index in [9.17, 15) is 4.79 Å². The second kappa shape index (κ2) is 5.96. The molecule has 0 saturated heterocycles. The Morgan fingerprint density at radius 1 is 1.05 bits per heavy atom. The van der Waals surface area contributed by atoms with Crippen molar-refractivity contribution in [1.82, 2.24) is 4.90 Å². The van der Waals surface area contributed by atoms with Crippen LogP contribution < -0.4 is 0 Å². The Morgan fingerprint density at radius 3 is 2.30 bits per heavy atom. The Balaban J connectivity index is 2.33. The van der Waals surface area contributed by atoms with Gasteiger partial charge in [-0.2, -0.15) is 0 Å². The summed E-state index contributed by atoms with van der Waals surface area (Å²) in [5.41, 5.74) is 0.745. The van der Waals surface area contributed by atoms with Gasteiger partial charge in [0.2, 0.25) is 0 Å². The normalized spacial score (nSPS) is 12.7. The van der Waals surface area contributed by atoms with E-state index in [0.29, 0.717) is 5.92 Å². The fraction of sp³-hybridized carbons (Fsp3) is 0.353. The van der Waals surface area contributed by atoms with Gasteiger partial charge in [0.15, 0.2) is 0 Å². The first-order valence-electron chi connectivity index (χ1n) is 6.86. The van der Waals surface area contributed by atoms with Crippen molar-refractivity contribution in [1.29, 1.82) is 0 Å². The SMILES string of the molecule is CC(C)C(C)N(C)C(=O)c1ccc2cc(Br)ccc2c1. The zero-order valence-corrected chi connectivity index (χ0v) is 13.9. The van der Waals surface area contributed by atoms with Gasteiger partial charge < -0.3 is 4.90 Å². The quantitative estimate of drug-likeness (QED) is 0.795. The van der Waals surface area contributed by atoms with Gasteiger partial charge in [0.25, 0.3) is 5.91 Å². The smallest absolute Gasteiger partial charge is 0.253 e. The van der Waals surface area contributed by atoms with Crippen LogP contribution in [0.1, 0.15) is 31.1 Å². The van der Waals surface area contributed by atoms with E-state index in [1.165, 1.54) is 0 Å². The van der Waals surface area contributed by atoms with Gasteiger partial charge in [-0.15, -0.1) is 0 Å². The largest absolute Gasteiger partial charge is 0.339 e. The molecule has 0 aliphatic carbocycles. The maximum atomic E-state index is 12.5. The highest BCUT2D eigenvalue weighted by molar-refractivity contribution is 9.10. The molecule has 0 fully saturated rings. The minimum atomic E-state index is 0.0796. The number of rotatable bonds is 3. The summed E-state index contributed by atoms with van der Waals surface area (Å²) < 4.78 is 1.05. The molecule has 2 nitrogen and oxygen atoms in total. The minimum Gasteiger partial charge on any atom is -0.339 e. The Bertz CT molecular complexity index is 636. The van der Waals surface area contributed by atoms with E-state index in [1.807, 2.05) is 42.3 Å². The Kier molecular flexibility index (Phi) is 4.48. The lowest BCUT2D eigenvalue weighted by atomic mass is 10.0. The van der Waals surface area contributed by atoms with Crippen LogP contribution in [0.15, 0.2) is 40.9 Å². The van der Waals surface area contributed by atoms with Crippen molar-refractivity contribution in [3.05, 3.63) is 46.4 Å². The van der Waals surface area contributed by atoms with Crippen molar-refractivity contribution in [2.24, 2.45) is 5.92 Å². The fourth-order valence-corrected chi connectivity index (χ4v) is 2.56. The number of hydrogen-bond donors (Lipinski definition) is 0. The summed E-state index contributed by atoms with van der Waals surface area (Å²) in [6.45, 7) is 6.35. The van der Waals surface area contributed by atoms with Crippen LogP contribution in [0.3, 0.4) is 0 Å². The van der Waals surface area contributed by atoms with Crippen LogP contribution in [0.2, 0.25) is 0 Å². The van der Waals surface area contributed by atoms with Crippen molar-refractivity contribution in [2.45, 2.75) is 26.8 Å². The number of carbonyl (C=O) groups excluding carboxylic acids is 1. The molecule has 1 atom stereocenters. The first kappa shape index (κ1) is 15.0. The molecule has 0 saturated carbocycles. The maximum Gasteiger partial charge on any atom is 0.253 e. The maximum absolute atomic E-state index is 12.5. The number of carbonyl (C=O) groups is 1. The van der Waals surface area contributed by atoms with Crippen LogP contribution in [0, 0.1) is 5.92 Å². The fourth-order valence-electron chi connectivity index (χ4n) is 2.19. The molecule has 0 bridgehead atoms. The summed E-state index contributed by atoms with van der Waals surface area (Å²) in [7, 11) is 1.87. The van der Waals surface area contributed by atoms with Crippen molar-refractivity contribution >= 4 is 32.6 Å². The molecule has 0 heterocycles. The van der Waals surface area contributed by atoms with Gasteiger partial charge in [-0.3, -0.25) is 4.79 Å². The van der Waals surface area contributed by atoms with Crippen molar-refractivity contribution in [3.63, 3.8) is 0 Å². The molecule has 0 aliphatic rings. The molecule has 1 unspecified atom stereocenters. The summed E-state index contributed by atoms with van der Waals surface area (Å²) in [5, 5.41) is 2.22. The third kappa shape index (κ3) is 3.04. The lowest BCUT2D eigenvalue weighted by molar-refractivity contribution is 0.0707. The molecule has 0 aromatic heterocycles. The zero-order valence-electron chi connectivity index (χ0n) is 12.4. The van der Waals surface area contributed by atoms with Crippen molar-refractivity contribution in [3.8, 4) is 0 Å². The standard InChI is InChI=1S/C17H20BrNO/c1-11(2)12(3)19(4)17(20)15-6-5-14-10-16(18)8-7-13(14)9-15/h5-12H,1-4H3. The average Bonchev–Trinajstić information content (AvgIpc) is 2.44. The number of amides is 1. The van der Waals surface area contributed by atoms with Crippen LogP contribution in [0.4, 0.5) is 0 Å². The van der Waals surface area contributed by atoms with Gasteiger partial charge in [0.1, 0.15) is 0 Å². The highest BCUT2D eigenvalue weighted by Crippen LogP contribution is 2.22. The van der Waals surface area contributed by atoms with Crippen molar-refractivity contribution in [2.75, 3.05) is 7.05 Å². The van der Waals surface area contributed by atoms with Crippen molar-refractivity contribution < 1.29 is 4.79 Å². The lowest BCUT2D eigenvalue weighted by Gasteiger charge is -2.28. The average molecular weight is 334 g/mol. The topological polar surface area (TPSA) is 20.3 Å². The predicted molar refractivity (Wildman–Crippen MR) is 88.0 cm³/mol. The predicted octanol–water partition coefficient (Wildman–Crippen LogP) is 4.72. The van der Waals surface area contributed by atoms with E-state index >= 15 is 0 Å². The zero-order chi connectivity index (χ0) is 14.9. The van der Waals surface area contributed by atoms with E-state index in [-0.39, 0.29) is 11.9 Å². The van der Waals surface area contributed by atoms with E-state index in [4.69, 9.17) is 0 Å². The molecule has 20 heavy (non-hydrogen) atoms. The van der Waals surface area contributed by atoms with Crippen LogP contribution in [0.25, 0.3) is 10.8 Å². The first-order valence-corrected chi connectivity index (χ1v) is 7.66. The summed E-state index contributed by atoms with van der Waals surface area (Å²) in [6.07, 6.45) is 0. The molecule has 0 radical (unpaired) electrons. The molecule has 106 valence electrons. The molecular formula is C17H20BrNO. The Labute approximate surface area is 128 Å². The summed E-state index contributed by atoms with van der Waals surface area (Å²) >= 11 is 3.46. The third-order valence-corrected chi connectivity index (χ3v) is 4.44. The Hall–Kier alpha value is -1.35. The summed E-state index contributed by atoms with van der Waals surface area (Å²) in [6, 6.07) is 12.2. The highest BCUT2D eigenvalue weighted by Gasteiger charge is 2.19. The summed E-state index contributed by atoms with van der Waals surface area (Å²) in [4.78, 5) is 14.3. The molecule has 0 spiro atoms. The molecule has 1 amide bonds. The minimum absolute atomic E-state index is 0.0796. The van der Waals surface area contributed by atoms with Crippen LogP contribution in [0.5, 0.6) is 0 Å². The van der Waals surface area contributed by atoms with Gasteiger partial charge in [-0.25, -0.2) is 0 Å². The molecule has 2 rings (SSSR count). The molecule has 0 N–H and O–H groups in total. The van der Waals surface area contributed by atoms with Crippen LogP contribution in [-0.2, 0) is 0 Å².